The molecule has 6 nitrogen and oxygen atoms in total. The maximum Gasteiger partial charge on any atom is 0.253 e. The van der Waals surface area contributed by atoms with Gasteiger partial charge in [-0.1, -0.05) is 19.9 Å². The minimum absolute atomic E-state index is 0. The smallest absolute Gasteiger partial charge is 0.253 e. The Labute approximate surface area is 160 Å². The molecule has 1 unspecified atom stereocenters. The predicted octanol–water partition coefficient (Wildman–Crippen LogP) is 3.15. The summed E-state index contributed by atoms with van der Waals surface area (Å²) < 4.78 is 0. The number of hydrogen-bond acceptors (Lipinski definition) is 5. The van der Waals surface area contributed by atoms with Crippen LogP contribution in [0.4, 0.5) is 11.5 Å². The molecule has 140 valence electrons. The van der Waals surface area contributed by atoms with Crippen LogP contribution in [0.15, 0.2) is 36.4 Å². The summed E-state index contributed by atoms with van der Waals surface area (Å²) >= 11 is 0. The molecule has 1 aromatic heterocycles. The van der Waals surface area contributed by atoms with Crippen LogP contribution >= 0.6 is 12.4 Å². The highest BCUT2D eigenvalue weighted by Crippen LogP contribution is 2.29. The van der Waals surface area contributed by atoms with Crippen LogP contribution in [0.25, 0.3) is 0 Å². The minimum Gasteiger partial charge on any atom is -0.339 e. The van der Waals surface area contributed by atoms with Crippen molar-refractivity contribution in [3.8, 4) is 0 Å². The summed E-state index contributed by atoms with van der Waals surface area (Å²) in [7, 11) is 0. The summed E-state index contributed by atoms with van der Waals surface area (Å²) in [6.07, 6.45) is 0.829. The molecule has 3 rings (SSSR count). The number of carbonyl (C=O) groups is 1. The molecule has 1 aliphatic rings. The zero-order valence-corrected chi connectivity index (χ0v) is 16.2. The number of nitrogens with zero attached hydrogens (tertiary/aromatic N) is 3. The minimum atomic E-state index is -0.0682. The summed E-state index contributed by atoms with van der Waals surface area (Å²) in [6, 6.07) is 11.4. The van der Waals surface area contributed by atoms with Crippen LogP contribution in [-0.2, 0) is 0 Å². The number of rotatable bonds is 3. The summed E-state index contributed by atoms with van der Waals surface area (Å²) in [5.41, 5.74) is 8.45. The topological polar surface area (TPSA) is 84.1 Å². The number of aryl methyl sites for hydroxylation is 1. The van der Waals surface area contributed by atoms with Crippen molar-refractivity contribution in [1.29, 1.82) is 0 Å². The molecule has 26 heavy (non-hydrogen) atoms. The van der Waals surface area contributed by atoms with Crippen LogP contribution in [0.1, 0.15) is 36.3 Å². The fraction of sp³-hybridized carbons (Fsp3) is 0.421. The Morgan fingerprint density at radius 2 is 2.04 bits per heavy atom. The average molecular weight is 376 g/mol. The number of aromatic nitrogens is 2. The monoisotopic (exact) mass is 375 g/mol. The molecule has 1 saturated heterocycles. The van der Waals surface area contributed by atoms with Crippen LogP contribution in [0, 0.1) is 12.3 Å². The van der Waals surface area contributed by atoms with Gasteiger partial charge in [-0.2, -0.15) is 5.10 Å². The van der Waals surface area contributed by atoms with E-state index in [1.807, 2.05) is 48.2 Å². The summed E-state index contributed by atoms with van der Waals surface area (Å²) in [4.78, 5) is 14.8. The molecule has 1 amide bonds. The van der Waals surface area contributed by atoms with Gasteiger partial charge in [-0.15, -0.1) is 17.5 Å². The van der Waals surface area contributed by atoms with Gasteiger partial charge >= 0.3 is 0 Å². The van der Waals surface area contributed by atoms with Crippen molar-refractivity contribution in [2.75, 3.05) is 18.4 Å². The van der Waals surface area contributed by atoms with Crippen molar-refractivity contribution in [2.45, 2.75) is 33.2 Å². The fourth-order valence-electron chi connectivity index (χ4n) is 3.07. The molecule has 2 aromatic rings. The van der Waals surface area contributed by atoms with Crippen molar-refractivity contribution in [3.05, 3.63) is 47.7 Å². The van der Waals surface area contributed by atoms with Gasteiger partial charge in [-0.25, -0.2) is 0 Å². The van der Waals surface area contributed by atoms with E-state index in [0.717, 1.165) is 17.8 Å². The molecule has 0 saturated carbocycles. The lowest BCUT2D eigenvalue weighted by molar-refractivity contribution is 0.0533. The molecule has 2 heterocycles. The largest absolute Gasteiger partial charge is 0.339 e. The van der Waals surface area contributed by atoms with E-state index < -0.39 is 0 Å². The lowest BCUT2D eigenvalue weighted by Gasteiger charge is -2.42. The van der Waals surface area contributed by atoms with Gasteiger partial charge in [0.15, 0.2) is 5.82 Å². The molecule has 1 atom stereocenters. The number of halogens is 1. The van der Waals surface area contributed by atoms with Crippen molar-refractivity contribution < 1.29 is 4.79 Å². The van der Waals surface area contributed by atoms with Gasteiger partial charge in [-0.05, 0) is 49.1 Å². The molecule has 0 spiro atoms. The average Bonchev–Trinajstić information content (AvgIpc) is 2.59. The van der Waals surface area contributed by atoms with E-state index in [1.165, 1.54) is 0 Å². The number of likely N-dealkylation sites (tertiary alicyclic amines) is 1. The third-order valence-electron chi connectivity index (χ3n) is 4.78. The number of amides is 1. The van der Waals surface area contributed by atoms with Crippen molar-refractivity contribution >= 4 is 29.8 Å². The van der Waals surface area contributed by atoms with Gasteiger partial charge in [0, 0.05) is 30.4 Å². The summed E-state index contributed by atoms with van der Waals surface area (Å²) in [6.45, 7) is 7.50. The normalized spacial score (nSPS) is 18.8. The molecule has 7 heteroatoms. The summed E-state index contributed by atoms with van der Waals surface area (Å²) in [5.74, 6) is 0.693. The Bertz CT molecular complexity index is 763. The van der Waals surface area contributed by atoms with Gasteiger partial charge in [0.05, 0.1) is 5.69 Å². The van der Waals surface area contributed by atoms with Crippen molar-refractivity contribution in [2.24, 2.45) is 11.1 Å². The van der Waals surface area contributed by atoms with E-state index in [4.69, 9.17) is 5.73 Å². The molecule has 3 N–H and O–H groups in total. The highest BCUT2D eigenvalue weighted by atomic mass is 35.5. The number of nitrogens with two attached hydrogens (primary N) is 1. The van der Waals surface area contributed by atoms with Gasteiger partial charge in [0.1, 0.15) is 0 Å². The van der Waals surface area contributed by atoms with Crippen LogP contribution < -0.4 is 11.1 Å². The molecule has 0 bridgehead atoms. The van der Waals surface area contributed by atoms with Crippen LogP contribution in [0.5, 0.6) is 0 Å². The highest BCUT2D eigenvalue weighted by molar-refractivity contribution is 5.95. The second-order valence-corrected chi connectivity index (χ2v) is 7.38. The maximum absolute atomic E-state index is 12.9. The molecule has 0 radical (unpaired) electrons. The summed E-state index contributed by atoms with van der Waals surface area (Å²) in [5, 5.41) is 11.3. The SMILES string of the molecule is Cc1ccc(Nc2cccc(C(=O)N3CCC(N)C(C)(C)C3)c2)nn1.Cl. The molecular weight excluding hydrogens is 350 g/mol. The second kappa shape index (κ2) is 8.01. The lowest BCUT2D eigenvalue weighted by Crippen LogP contribution is -2.54. The number of nitrogens with one attached hydrogen (secondary N) is 1. The van der Waals surface area contributed by atoms with Crippen LogP contribution in [0.2, 0.25) is 0 Å². The third-order valence-corrected chi connectivity index (χ3v) is 4.78. The van der Waals surface area contributed by atoms with E-state index in [-0.39, 0.29) is 29.8 Å². The van der Waals surface area contributed by atoms with E-state index in [9.17, 15) is 4.79 Å². The number of benzene rings is 1. The van der Waals surface area contributed by atoms with Crippen molar-refractivity contribution in [1.82, 2.24) is 15.1 Å². The molecular formula is C19H26ClN5O. The van der Waals surface area contributed by atoms with Gasteiger partial charge < -0.3 is 16.0 Å². The van der Waals surface area contributed by atoms with Gasteiger partial charge in [-0.3, -0.25) is 4.79 Å². The zero-order chi connectivity index (χ0) is 18.0. The lowest BCUT2D eigenvalue weighted by atomic mass is 9.79. The van der Waals surface area contributed by atoms with E-state index in [1.54, 1.807) is 0 Å². The van der Waals surface area contributed by atoms with Gasteiger partial charge in [0.2, 0.25) is 0 Å². The Hall–Kier alpha value is -2.18. The first-order chi connectivity index (χ1) is 11.8. The molecule has 1 fully saturated rings. The number of piperidine rings is 1. The Kier molecular flexibility index (Phi) is 6.21. The number of carbonyl (C=O) groups excluding carboxylic acids is 1. The van der Waals surface area contributed by atoms with Crippen LogP contribution in [0.3, 0.4) is 0 Å². The Morgan fingerprint density at radius 3 is 2.69 bits per heavy atom. The fourth-order valence-corrected chi connectivity index (χ4v) is 3.07. The molecule has 0 aliphatic carbocycles. The Morgan fingerprint density at radius 1 is 1.27 bits per heavy atom. The predicted molar refractivity (Wildman–Crippen MR) is 106 cm³/mol. The Balaban J connectivity index is 0.00000243. The highest BCUT2D eigenvalue weighted by Gasteiger charge is 2.35. The van der Waals surface area contributed by atoms with Crippen molar-refractivity contribution in [3.63, 3.8) is 0 Å². The van der Waals surface area contributed by atoms with E-state index in [0.29, 0.717) is 24.5 Å². The maximum atomic E-state index is 12.9. The molecule has 1 aromatic carbocycles. The standard InChI is InChI=1S/C19H25N5O.ClH/c1-13-7-8-17(23-22-13)21-15-6-4-5-14(11-15)18(25)24-10-9-16(20)19(2,3)12-24;/h4-8,11,16H,9-10,12,20H2,1-3H3,(H,21,23);1H. The third kappa shape index (κ3) is 4.51. The van der Waals surface area contributed by atoms with E-state index in [2.05, 4.69) is 29.4 Å². The quantitative estimate of drug-likeness (QED) is 0.860. The number of hydrogen-bond donors (Lipinski definition) is 2. The first-order valence-electron chi connectivity index (χ1n) is 8.57. The molecule has 1 aliphatic heterocycles. The number of anilines is 2. The van der Waals surface area contributed by atoms with E-state index >= 15 is 0 Å². The first-order valence-corrected chi connectivity index (χ1v) is 8.57. The first kappa shape index (κ1) is 20.1. The second-order valence-electron chi connectivity index (χ2n) is 7.38. The van der Waals surface area contributed by atoms with Crippen LogP contribution in [-0.4, -0.2) is 40.1 Å². The van der Waals surface area contributed by atoms with Gasteiger partial charge in [0.25, 0.3) is 5.91 Å². The zero-order valence-electron chi connectivity index (χ0n) is 15.4.